The number of carbonyl (C=O) groups is 2. The fourth-order valence-corrected chi connectivity index (χ4v) is 1.42. The van der Waals surface area contributed by atoms with Gasteiger partial charge in [-0.05, 0) is 25.5 Å². The summed E-state index contributed by atoms with van der Waals surface area (Å²) in [5.41, 5.74) is -1.27. The number of carboxylic acids is 1. The molecule has 1 unspecified atom stereocenters. The van der Waals surface area contributed by atoms with E-state index in [4.69, 9.17) is 5.11 Å². The predicted molar refractivity (Wildman–Crippen MR) is 67.6 cm³/mol. The molecule has 0 aliphatic carbocycles. The number of hydrogen-bond donors (Lipinski definition) is 2. The van der Waals surface area contributed by atoms with Crippen LogP contribution >= 0.6 is 0 Å². The van der Waals surface area contributed by atoms with Crippen molar-refractivity contribution in [3.05, 3.63) is 41.7 Å². The minimum atomic E-state index is -4.54. The number of carbonyl (C=O) groups excluding carboxylic acids is 1. The Hall–Kier alpha value is -2.38. The number of aromatic nitrogens is 1. The van der Waals surface area contributed by atoms with Crippen molar-refractivity contribution in [1.29, 1.82) is 0 Å². The van der Waals surface area contributed by atoms with Gasteiger partial charge in [-0.25, -0.2) is 4.79 Å². The second-order valence-corrected chi connectivity index (χ2v) is 4.10. The van der Waals surface area contributed by atoms with Crippen LogP contribution in [0.3, 0.4) is 0 Å². The van der Waals surface area contributed by atoms with E-state index in [1.807, 2.05) is 0 Å². The molecule has 114 valence electrons. The number of nitrogens with zero attached hydrogens (tertiary/aromatic N) is 1. The van der Waals surface area contributed by atoms with Gasteiger partial charge in [-0.1, -0.05) is 12.2 Å². The smallest absolute Gasteiger partial charge is 0.417 e. The summed E-state index contributed by atoms with van der Waals surface area (Å²) in [6.45, 7) is 1.69. The molecule has 0 saturated carbocycles. The molecule has 5 nitrogen and oxygen atoms in total. The summed E-state index contributed by atoms with van der Waals surface area (Å²) < 4.78 is 37.1. The van der Waals surface area contributed by atoms with Gasteiger partial charge in [0.2, 0.25) is 0 Å². The second-order valence-electron chi connectivity index (χ2n) is 4.10. The van der Waals surface area contributed by atoms with Crippen LogP contribution < -0.4 is 5.32 Å². The van der Waals surface area contributed by atoms with E-state index in [-0.39, 0.29) is 12.1 Å². The Morgan fingerprint density at radius 3 is 2.52 bits per heavy atom. The minimum Gasteiger partial charge on any atom is -0.480 e. The van der Waals surface area contributed by atoms with Gasteiger partial charge in [-0.3, -0.25) is 9.78 Å². The Morgan fingerprint density at radius 1 is 1.43 bits per heavy atom. The average molecular weight is 302 g/mol. The van der Waals surface area contributed by atoms with Gasteiger partial charge in [-0.15, -0.1) is 0 Å². The first-order valence-corrected chi connectivity index (χ1v) is 5.93. The first-order valence-electron chi connectivity index (χ1n) is 5.93. The highest BCUT2D eigenvalue weighted by molar-refractivity contribution is 5.94. The maximum absolute atomic E-state index is 12.4. The Labute approximate surface area is 118 Å². The summed E-state index contributed by atoms with van der Waals surface area (Å²) in [6.07, 6.45) is -0.774. The number of halogens is 3. The molecule has 1 heterocycles. The molecule has 0 aliphatic rings. The Bertz CT molecular complexity index is 539. The van der Waals surface area contributed by atoms with Crippen molar-refractivity contribution in [2.75, 3.05) is 0 Å². The van der Waals surface area contributed by atoms with Gasteiger partial charge in [-0.2, -0.15) is 13.2 Å². The van der Waals surface area contributed by atoms with E-state index in [1.165, 1.54) is 0 Å². The summed E-state index contributed by atoms with van der Waals surface area (Å²) in [7, 11) is 0. The molecule has 0 spiro atoms. The number of aliphatic carboxylic acids is 1. The van der Waals surface area contributed by atoms with Crippen molar-refractivity contribution >= 4 is 11.9 Å². The lowest BCUT2D eigenvalue weighted by atomic mass is 10.2. The fraction of sp³-hybridized carbons (Fsp3) is 0.308. The Kier molecular flexibility index (Phi) is 5.45. The number of amides is 1. The monoisotopic (exact) mass is 302 g/mol. The van der Waals surface area contributed by atoms with Crippen LogP contribution in [0.5, 0.6) is 0 Å². The van der Waals surface area contributed by atoms with Gasteiger partial charge in [0, 0.05) is 6.20 Å². The van der Waals surface area contributed by atoms with E-state index in [1.54, 1.807) is 19.1 Å². The molecule has 0 bridgehead atoms. The number of rotatable bonds is 5. The molecule has 1 aromatic rings. The van der Waals surface area contributed by atoms with Gasteiger partial charge >= 0.3 is 12.1 Å². The van der Waals surface area contributed by atoms with E-state index in [0.29, 0.717) is 12.3 Å². The lowest BCUT2D eigenvalue weighted by molar-refractivity contribution is -0.139. The van der Waals surface area contributed by atoms with Crippen molar-refractivity contribution in [3.63, 3.8) is 0 Å². The molecule has 1 amide bonds. The lowest BCUT2D eigenvalue weighted by Crippen LogP contribution is -2.40. The predicted octanol–water partition coefficient (Wildman–Crippen LogP) is 2.25. The molecule has 0 aliphatic heterocycles. The van der Waals surface area contributed by atoms with Gasteiger partial charge in [0.1, 0.15) is 11.7 Å². The van der Waals surface area contributed by atoms with Crippen LogP contribution in [0.1, 0.15) is 29.4 Å². The second kappa shape index (κ2) is 6.87. The molecule has 0 aromatic carbocycles. The molecule has 1 rings (SSSR count). The third kappa shape index (κ3) is 4.90. The SMILES string of the molecule is C/C=C/CC(NC(=O)c1ccc(C(F)(F)F)cn1)C(=O)O. The van der Waals surface area contributed by atoms with Crippen LogP contribution in [-0.2, 0) is 11.0 Å². The molecule has 2 N–H and O–H groups in total. The maximum atomic E-state index is 12.4. The number of nitrogens with one attached hydrogen (secondary N) is 1. The number of alkyl halides is 3. The van der Waals surface area contributed by atoms with Crippen LogP contribution in [0.15, 0.2) is 30.5 Å². The summed E-state index contributed by atoms with van der Waals surface area (Å²) in [4.78, 5) is 26.1. The first kappa shape index (κ1) is 16.7. The molecular weight excluding hydrogens is 289 g/mol. The van der Waals surface area contributed by atoms with Crippen LogP contribution in [0, 0.1) is 0 Å². The van der Waals surface area contributed by atoms with Crippen LogP contribution in [0.25, 0.3) is 0 Å². The maximum Gasteiger partial charge on any atom is 0.417 e. The zero-order valence-electron chi connectivity index (χ0n) is 11.0. The minimum absolute atomic E-state index is 0.0677. The molecule has 1 atom stereocenters. The summed E-state index contributed by atoms with van der Waals surface area (Å²) >= 11 is 0. The molecule has 0 fully saturated rings. The van der Waals surface area contributed by atoms with Crippen molar-refractivity contribution in [2.24, 2.45) is 0 Å². The van der Waals surface area contributed by atoms with E-state index < -0.39 is 29.7 Å². The quantitative estimate of drug-likeness (QED) is 0.818. The summed E-state index contributed by atoms with van der Waals surface area (Å²) in [5.74, 6) is -2.09. The highest BCUT2D eigenvalue weighted by atomic mass is 19.4. The summed E-state index contributed by atoms with van der Waals surface area (Å²) in [6, 6.07) is 0.439. The average Bonchev–Trinajstić information content (AvgIpc) is 2.42. The third-order valence-corrected chi connectivity index (χ3v) is 2.53. The zero-order valence-corrected chi connectivity index (χ0v) is 11.0. The highest BCUT2D eigenvalue weighted by Crippen LogP contribution is 2.28. The molecular formula is C13H13F3N2O3. The molecule has 8 heteroatoms. The van der Waals surface area contributed by atoms with Gasteiger partial charge < -0.3 is 10.4 Å². The van der Waals surface area contributed by atoms with Gasteiger partial charge in [0.05, 0.1) is 5.56 Å². The highest BCUT2D eigenvalue weighted by Gasteiger charge is 2.31. The number of hydrogen-bond acceptors (Lipinski definition) is 3. The Balaban J connectivity index is 2.81. The Morgan fingerprint density at radius 2 is 2.10 bits per heavy atom. The standard InChI is InChI=1S/C13H13F3N2O3/c1-2-3-4-10(12(20)21)18-11(19)9-6-5-8(7-17-9)13(14,15)16/h2-3,5-7,10H,4H2,1H3,(H,18,19)(H,20,21)/b3-2+. The van der Waals surface area contributed by atoms with Crippen molar-refractivity contribution in [1.82, 2.24) is 10.3 Å². The largest absolute Gasteiger partial charge is 0.480 e. The van der Waals surface area contributed by atoms with E-state index in [0.717, 1.165) is 6.07 Å². The topological polar surface area (TPSA) is 79.3 Å². The molecule has 0 radical (unpaired) electrons. The number of carboxylic acid groups (broad SMARTS) is 1. The van der Waals surface area contributed by atoms with E-state index in [2.05, 4.69) is 10.3 Å². The lowest BCUT2D eigenvalue weighted by Gasteiger charge is -2.12. The fourth-order valence-electron chi connectivity index (χ4n) is 1.42. The van der Waals surface area contributed by atoms with Crippen LogP contribution in [-0.4, -0.2) is 28.0 Å². The zero-order chi connectivity index (χ0) is 16.0. The van der Waals surface area contributed by atoms with E-state index in [9.17, 15) is 22.8 Å². The van der Waals surface area contributed by atoms with E-state index >= 15 is 0 Å². The van der Waals surface area contributed by atoms with Crippen molar-refractivity contribution < 1.29 is 27.9 Å². The third-order valence-electron chi connectivity index (χ3n) is 2.53. The molecule has 0 saturated heterocycles. The van der Waals surface area contributed by atoms with Crippen molar-refractivity contribution in [2.45, 2.75) is 25.6 Å². The van der Waals surface area contributed by atoms with Crippen LogP contribution in [0.4, 0.5) is 13.2 Å². The van der Waals surface area contributed by atoms with Gasteiger partial charge in [0.25, 0.3) is 5.91 Å². The van der Waals surface area contributed by atoms with Crippen LogP contribution in [0.2, 0.25) is 0 Å². The normalized spacial score (nSPS) is 13.1. The molecule has 21 heavy (non-hydrogen) atoms. The number of allylic oxidation sites excluding steroid dienone is 1. The van der Waals surface area contributed by atoms with Crippen molar-refractivity contribution in [3.8, 4) is 0 Å². The first-order chi connectivity index (χ1) is 9.75. The number of pyridine rings is 1. The summed E-state index contributed by atoms with van der Waals surface area (Å²) in [5, 5.41) is 11.1. The molecule has 1 aromatic heterocycles. The van der Waals surface area contributed by atoms with Gasteiger partial charge in [0.15, 0.2) is 0 Å².